The molecule has 0 radical (unpaired) electrons. The molecule has 16 heteroatoms. The molecule has 5 aromatic rings. The summed E-state index contributed by atoms with van der Waals surface area (Å²) in [5.74, 6) is -1.47. The molecule has 5 aromatic heterocycles. The summed E-state index contributed by atoms with van der Waals surface area (Å²) in [6.45, 7) is 3.55. The van der Waals surface area contributed by atoms with Crippen LogP contribution in [0.25, 0.3) is 28.5 Å². The number of hydrogen-bond acceptors (Lipinski definition) is 7. The molecule has 198 valence electrons. The van der Waals surface area contributed by atoms with E-state index in [1.54, 1.807) is 44.2 Å². The van der Waals surface area contributed by atoms with Gasteiger partial charge in [-0.1, -0.05) is 18.2 Å². The predicted octanol–water partition coefficient (Wildman–Crippen LogP) is 4.18. The molecule has 0 amide bonds. The molecule has 0 saturated carbocycles. The average molecular weight is 712 g/mol. The van der Waals surface area contributed by atoms with Crippen LogP contribution in [0.4, 0.5) is 26.3 Å². The van der Waals surface area contributed by atoms with Crippen LogP contribution >= 0.6 is 0 Å². The zero-order valence-corrected chi connectivity index (χ0v) is 21.4. The van der Waals surface area contributed by atoms with Gasteiger partial charge in [0.1, 0.15) is 17.8 Å². The summed E-state index contributed by atoms with van der Waals surface area (Å²) < 4.78 is 79.7. The molecule has 0 bridgehead atoms. The van der Waals surface area contributed by atoms with Gasteiger partial charge in [0.15, 0.2) is 0 Å². The van der Waals surface area contributed by atoms with Gasteiger partial charge in [0.2, 0.25) is 0 Å². The fourth-order valence-electron chi connectivity index (χ4n) is 3.55. The predicted molar refractivity (Wildman–Crippen MR) is 114 cm³/mol. The first-order chi connectivity index (χ1) is 17.4. The van der Waals surface area contributed by atoms with Gasteiger partial charge in [0.25, 0.3) is 0 Å². The molecule has 0 aliphatic carbocycles. The number of pyridine rings is 2. The van der Waals surface area contributed by atoms with Crippen LogP contribution in [0.2, 0.25) is 0 Å². The molecule has 5 heterocycles. The van der Waals surface area contributed by atoms with Gasteiger partial charge in [0, 0.05) is 28.6 Å². The number of nitrogens with zero attached hydrogens (tertiary/aromatic N) is 9. The third kappa shape index (κ3) is 4.89. The van der Waals surface area contributed by atoms with Gasteiger partial charge in [0.05, 0.1) is 17.2 Å². The Hall–Kier alpha value is -3.74. The van der Waals surface area contributed by atoms with Crippen molar-refractivity contribution in [3.05, 3.63) is 72.0 Å². The van der Waals surface area contributed by atoms with E-state index in [-0.39, 0.29) is 44.0 Å². The van der Waals surface area contributed by atoms with Gasteiger partial charge in [-0.15, -0.1) is 0 Å². The van der Waals surface area contributed by atoms with Gasteiger partial charge in [-0.05, 0) is 37.9 Å². The summed E-state index contributed by atoms with van der Waals surface area (Å²) >= 11 is 0. The molecule has 9 nitrogen and oxygen atoms in total. The van der Waals surface area contributed by atoms with Crippen molar-refractivity contribution in [1.82, 2.24) is 44.7 Å². The van der Waals surface area contributed by atoms with Crippen LogP contribution in [-0.4, -0.2) is 39.6 Å². The Morgan fingerprint density at radius 3 is 2.18 bits per heavy atom. The molecular formula is C22H13F6N9Pt. The average Bonchev–Trinajstić information content (AvgIpc) is 3.51. The Kier molecular flexibility index (Phi) is 6.85. The molecule has 0 unspecified atom stereocenters. The summed E-state index contributed by atoms with van der Waals surface area (Å²) in [6, 6.07) is 9.54. The molecule has 0 spiro atoms. The molecule has 5 rings (SSSR count). The first-order valence-corrected chi connectivity index (χ1v) is 10.4. The van der Waals surface area contributed by atoms with Gasteiger partial charge in [-0.25, -0.2) is 4.98 Å². The molecule has 0 fully saturated rings. The smallest absolute Gasteiger partial charge is 0.413 e. The van der Waals surface area contributed by atoms with Crippen LogP contribution < -0.4 is 5.10 Å². The van der Waals surface area contributed by atoms with E-state index in [0.29, 0.717) is 11.4 Å². The molecule has 0 aromatic carbocycles. The van der Waals surface area contributed by atoms with E-state index < -0.39 is 34.8 Å². The molecule has 0 N–H and O–H groups in total. The summed E-state index contributed by atoms with van der Waals surface area (Å²) in [5, 5.41) is 6.55. The van der Waals surface area contributed by atoms with E-state index in [1.165, 1.54) is 10.6 Å². The fraction of sp³-hybridized carbons (Fsp3) is 0.227. The van der Waals surface area contributed by atoms with Crippen molar-refractivity contribution in [3.8, 4) is 17.3 Å². The van der Waals surface area contributed by atoms with Crippen molar-refractivity contribution in [3.63, 3.8) is 0 Å². The summed E-state index contributed by atoms with van der Waals surface area (Å²) in [5.41, 5.74) is -1.75. The van der Waals surface area contributed by atoms with Gasteiger partial charge in [-0.3, -0.25) is 20.1 Å². The summed E-state index contributed by atoms with van der Waals surface area (Å²) in [6.07, 6.45) is -6.22. The molecule has 0 saturated heterocycles. The van der Waals surface area contributed by atoms with Crippen molar-refractivity contribution < 1.29 is 47.4 Å². The van der Waals surface area contributed by atoms with Crippen molar-refractivity contribution in [2.24, 2.45) is 0 Å². The molecule has 0 atom stereocenters. The van der Waals surface area contributed by atoms with Crippen molar-refractivity contribution in [2.75, 3.05) is 0 Å². The largest absolute Gasteiger partial charge is 2.00 e. The minimum Gasteiger partial charge on any atom is -0.413 e. The van der Waals surface area contributed by atoms with E-state index in [9.17, 15) is 26.3 Å². The molecule has 0 aliphatic rings. The number of aromatic nitrogens is 9. The van der Waals surface area contributed by atoms with Gasteiger partial charge in [-0.2, -0.15) is 26.3 Å². The number of hydrogen-bond donors (Lipinski definition) is 0. The number of fused-ring (bicyclic) bond motifs is 1. The molecule has 0 aliphatic heterocycles. The van der Waals surface area contributed by atoms with E-state index in [0.717, 1.165) is 6.33 Å². The van der Waals surface area contributed by atoms with Crippen molar-refractivity contribution >= 4 is 11.2 Å². The minimum atomic E-state index is -4.74. The SMILES string of the molecule is CC(C)(c1cccc(-c2nc(C(F)(F)F)n[n-]2)n1)c1cccc(-n2[c-]nc3c(C(F)(F)F)ncnc32)n1.[Pt+2]. The zero-order chi connectivity index (χ0) is 26.6. The standard InChI is InChI=1S/C22H13F6N9.Pt/c1-20(2,12-6-3-5-11(32-12)17-34-19(36-35-17)22(26,27)28)13-7-4-8-14(33-13)37-10-31-15-16(21(23,24)25)29-9-30-18(15)37;/h3-9H,1-2H3;/q-2;+2. The Morgan fingerprint density at radius 1 is 0.842 bits per heavy atom. The Balaban J connectivity index is 0.00000336. The second-order valence-electron chi connectivity index (χ2n) is 8.31. The second-order valence-corrected chi connectivity index (χ2v) is 8.31. The fourth-order valence-corrected chi connectivity index (χ4v) is 3.55. The van der Waals surface area contributed by atoms with Crippen molar-refractivity contribution in [2.45, 2.75) is 31.6 Å². The first-order valence-electron chi connectivity index (χ1n) is 10.4. The first kappa shape index (κ1) is 27.3. The maximum Gasteiger partial charge on any atom is 2.00 e. The van der Waals surface area contributed by atoms with E-state index in [1.807, 2.05) is 0 Å². The summed E-state index contributed by atoms with van der Waals surface area (Å²) in [4.78, 5) is 23.3. The second kappa shape index (κ2) is 9.53. The molecular weight excluding hydrogens is 699 g/mol. The maximum absolute atomic E-state index is 13.3. The minimum absolute atomic E-state index is 0. The Bertz CT molecular complexity index is 1610. The van der Waals surface area contributed by atoms with Crippen LogP contribution in [0.1, 0.15) is 36.8 Å². The van der Waals surface area contributed by atoms with Gasteiger partial charge >= 0.3 is 33.4 Å². The van der Waals surface area contributed by atoms with Crippen LogP contribution in [-0.2, 0) is 38.8 Å². The van der Waals surface area contributed by atoms with Crippen LogP contribution in [0.15, 0.2) is 42.7 Å². The zero-order valence-electron chi connectivity index (χ0n) is 19.2. The Labute approximate surface area is 224 Å². The van der Waals surface area contributed by atoms with Crippen LogP contribution in [0.3, 0.4) is 0 Å². The van der Waals surface area contributed by atoms with Crippen LogP contribution in [0.5, 0.6) is 0 Å². The number of rotatable bonds is 4. The third-order valence-electron chi connectivity index (χ3n) is 5.47. The quantitative estimate of drug-likeness (QED) is 0.202. The number of alkyl halides is 6. The maximum atomic E-state index is 13.3. The summed E-state index contributed by atoms with van der Waals surface area (Å²) in [7, 11) is 0. The molecule has 38 heavy (non-hydrogen) atoms. The number of imidazole rings is 1. The number of halogens is 6. The normalized spacial score (nSPS) is 12.5. The van der Waals surface area contributed by atoms with Crippen LogP contribution in [0, 0.1) is 6.33 Å². The van der Waals surface area contributed by atoms with Gasteiger partial charge < -0.3 is 19.6 Å². The van der Waals surface area contributed by atoms with E-state index in [4.69, 9.17) is 0 Å². The third-order valence-corrected chi connectivity index (χ3v) is 5.47. The Morgan fingerprint density at radius 2 is 1.53 bits per heavy atom. The topological polar surface area (TPSA) is 109 Å². The van der Waals surface area contributed by atoms with E-state index in [2.05, 4.69) is 46.4 Å². The monoisotopic (exact) mass is 712 g/mol. The van der Waals surface area contributed by atoms with Crippen molar-refractivity contribution in [1.29, 1.82) is 0 Å². The van der Waals surface area contributed by atoms with E-state index >= 15 is 0 Å².